The van der Waals surface area contributed by atoms with Gasteiger partial charge in [-0.3, -0.25) is 4.79 Å². The summed E-state index contributed by atoms with van der Waals surface area (Å²) in [6, 6.07) is 6.95. The summed E-state index contributed by atoms with van der Waals surface area (Å²) in [5, 5.41) is 7.85. The molecule has 1 fully saturated rings. The van der Waals surface area contributed by atoms with Crippen molar-refractivity contribution in [2.24, 2.45) is 5.92 Å². The molecule has 1 atom stereocenters. The molecule has 1 aliphatic carbocycles. The number of esters is 1. The van der Waals surface area contributed by atoms with Crippen LogP contribution in [-0.2, 0) is 9.53 Å². The molecule has 1 saturated carbocycles. The lowest BCUT2D eigenvalue weighted by molar-refractivity contribution is -0.124. The number of nitrogens with one attached hydrogen (secondary N) is 1. The van der Waals surface area contributed by atoms with E-state index in [1.54, 1.807) is 28.9 Å². The zero-order valence-corrected chi connectivity index (χ0v) is 15.8. The highest BCUT2D eigenvalue weighted by atomic mass is 35.5. The summed E-state index contributed by atoms with van der Waals surface area (Å²) >= 11 is 6.16. The third-order valence-electron chi connectivity index (χ3n) is 4.60. The first kappa shape index (κ1) is 18.5. The van der Waals surface area contributed by atoms with Crippen LogP contribution in [0.25, 0.3) is 5.69 Å². The van der Waals surface area contributed by atoms with Crippen LogP contribution in [0.2, 0.25) is 5.02 Å². The van der Waals surface area contributed by atoms with Gasteiger partial charge in [0.25, 0.3) is 5.91 Å². The number of hydrogen-bond donors (Lipinski definition) is 1. The van der Waals surface area contributed by atoms with Gasteiger partial charge in [-0.15, -0.1) is 0 Å². The van der Waals surface area contributed by atoms with Crippen LogP contribution in [0, 0.1) is 19.8 Å². The maximum Gasteiger partial charge on any atom is 0.338 e. The van der Waals surface area contributed by atoms with Gasteiger partial charge >= 0.3 is 5.97 Å². The number of aryl methyl sites for hydroxylation is 1. The van der Waals surface area contributed by atoms with E-state index < -0.39 is 5.97 Å². The zero-order chi connectivity index (χ0) is 18.8. The Hall–Kier alpha value is -2.34. The van der Waals surface area contributed by atoms with Crippen molar-refractivity contribution >= 4 is 23.5 Å². The maximum atomic E-state index is 12.1. The van der Waals surface area contributed by atoms with Crippen LogP contribution >= 0.6 is 11.6 Å². The largest absolute Gasteiger partial charge is 0.452 e. The summed E-state index contributed by atoms with van der Waals surface area (Å²) in [7, 11) is 0. The molecule has 6 nitrogen and oxygen atoms in total. The molecule has 138 valence electrons. The molecule has 1 N–H and O–H groups in total. The highest BCUT2D eigenvalue weighted by Gasteiger charge is 2.29. The second-order valence-electron chi connectivity index (χ2n) is 6.71. The lowest BCUT2D eigenvalue weighted by Gasteiger charge is -2.12. The van der Waals surface area contributed by atoms with Gasteiger partial charge in [-0.1, -0.05) is 11.6 Å². The van der Waals surface area contributed by atoms with Crippen LogP contribution in [0.1, 0.15) is 41.5 Å². The lowest BCUT2D eigenvalue weighted by atomic mass is 10.2. The summed E-state index contributed by atoms with van der Waals surface area (Å²) in [6.07, 6.45) is 2.29. The fraction of sp³-hybridized carbons (Fsp3) is 0.421. The van der Waals surface area contributed by atoms with Gasteiger partial charge in [-0.2, -0.15) is 5.10 Å². The minimum Gasteiger partial charge on any atom is -0.452 e. The predicted octanol–water partition coefficient (Wildman–Crippen LogP) is 3.21. The van der Waals surface area contributed by atoms with E-state index in [2.05, 4.69) is 10.4 Å². The Kier molecular flexibility index (Phi) is 5.32. The summed E-state index contributed by atoms with van der Waals surface area (Å²) in [4.78, 5) is 23.9. The van der Waals surface area contributed by atoms with Gasteiger partial charge in [-0.25, -0.2) is 9.48 Å². The Morgan fingerprint density at radius 2 is 1.96 bits per heavy atom. The van der Waals surface area contributed by atoms with Crippen molar-refractivity contribution in [3.63, 3.8) is 0 Å². The lowest BCUT2D eigenvalue weighted by Crippen LogP contribution is -2.37. The van der Waals surface area contributed by atoms with Crippen molar-refractivity contribution < 1.29 is 14.3 Å². The van der Waals surface area contributed by atoms with E-state index in [1.807, 2.05) is 20.8 Å². The van der Waals surface area contributed by atoms with E-state index in [4.69, 9.17) is 16.3 Å². The van der Waals surface area contributed by atoms with Crippen LogP contribution in [0.3, 0.4) is 0 Å². The molecule has 1 unspecified atom stereocenters. The van der Waals surface area contributed by atoms with E-state index in [0.29, 0.717) is 16.5 Å². The fourth-order valence-electron chi connectivity index (χ4n) is 2.84. The Labute approximate surface area is 157 Å². The molecule has 0 bridgehead atoms. The van der Waals surface area contributed by atoms with Gasteiger partial charge < -0.3 is 10.1 Å². The van der Waals surface area contributed by atoms with Gasteiger partial charge in [0.1, 0.15) is 0 Å². The number of carbonyl (C=O) groups excluding carboxylic acids is 2. The summed E-state index contributed by atoms with van der Waals surface area (Å²) in [5.74, 6) is -0.242. The smallest absolute Gasteiger partial charge is 0.338 e. The third kappa shape index (κ3) is 4.07. The molecule has 0 radical (unpaired) electrons. The van der Waals surface area contributed by atoms with Gasteiger partial charge in [0.15, 0.2) is 6.61 Å². The van der Waals surface area contributed by atoms with Gasteiger partial charge in [-0.05, 0) is 63.8 Å². The highest BCUT2D eigenvalue weighted by molar-refractivity contribution is 6.31. The maximum absolute atomic E-state index is 12.1. The number of nitrogens with zero attached hydrogens (tertiary/aromatic N) is 2. The van der Waals surface area contributed by atoms with Crippen molar-refractivity contribution in [2.45, 2.75) is 39.7 Å². The monoisotopic (exact) mass is 375 g/mol. The Bertz CT molecular complexity index is 825. The topological polar surface area (TPSA) is 73.2 Å². The summed E-state index contributed by atoms with van der Waals surface area (Å²) < 4.78 is 6.81. The van der Waals surface area contributed by atoms with E-state index in [-0.39, 0.29) is 18.6 Å². The second kappa shape index (κ2) is 7.50. The van der Waals surface area contributed by atoms with Gasteiger partial charge in [0, 0.05) is 6.04 Å². The standard InChI is InChI=1S/C19H22ClN3O3/c1-11(14-4-5-14)21-17(24)10-26-19(25)15-6-8-16(9-7-15)23-13(3)18(20)12(2)22-23/h6-9,11,14H,4-5,10H2,1-3H3,(H,21,24). The number of ether oxygens (including phenoxy) is 1. The molecule has 7 heteroatoms. The summed E-state index contributed by atoms with van der Waals surface area (Å²) in [6.45, 7) is 5.42. The summed E-state index contributed by atoms with van der Waals surface area (Å²) in [5.41, 5.74) is 2.76. The number of aromatic nitrogens is 2. The molecule has 1 heterocycles. The van der Waals surface area contributed by atoms with Crippen LogP contribution in [0.15, 0.2) is 24.3 Å². The Balaban J connectivity index is 1.58. The molecular weight excluding hydrogens is 354 g/mol. The molecule has 0 aliphatic heterocycles. The average Bonchev–Trinajstić information content (AvgIpc) is 3.44. The van der Waals surface area contributed by atoms with E-state index in [0.717, 1.165) is 29.9 Å². The molecule has 1 aromatic carbocycles. The number of amides is 1. The average molecular weight is 376 g/mol. The van der Waals surface area contributed by atoms with Crippen molar-refractivity contribution in [1.29, 1.82) is 0 Å². The zero-order valence-electron chi connectivity index (χ0n) is 15.1. The fourth-order valence-corrected chi connectivity index (χ4v) is 2.96. The van der Waals surface area contributed by atoms with Crippen molar-refractivity contribution in [1.82, 2.24) is 15.1 Å². The number of rotatable bonds is 6. The third-order valence-corrected chi connectivity index (χ3v) is 5.15. The minimum atomic E-state index is -0.530. The Morgan fingerprint density at radius 1 is 1.31 bits per heavy atom. The van der Waals surface area contributed by atoms with Crippen LogP contribution in [0.5, 0.6) is 0 Å². The van der Waals surface area contributed by atoms with Crippen LogP contribution in [-0.4, -0.2) is 34.3 Å². The molecule has 26 heavy (non-hydrogen) atoms. The molecule has 1 aromatic heterocycles. The molecular formula is C19H22ClN3O3. The first-order valence-electron chi connectivity index (χ1n) is 8.65. The van der Waals surface area contributed by atoms with Crippen molar-refractivity contribution in [3.8, 4) is 5.69 Å². The van der Waals surface area contributed by atoms with Crippen LogP contribution in [0.4, 0.5) is 0 Å². The number of hydrogen-bond acceptors (Lipinski definition) is 4. The normalized spacial score (nSPS) is 14.8. The van der Waals surface area contributed by atoms with E-state index in [1.165, 1.54) is 0 Å². The van der Waals surface area contributed by atoms with Gasteiger partial charge in [0.2, 0.25) is 0 Å². The predicted molar refractivity (Wildman–Crippen MR) is 98.7 cm³/mol. The Morgan fingerprint density at radius 3 is 2.50 bits per heavy atom. The molecule has 0 saturated heterocycles. The molecule has 3 rings (SSSR count). The molecule has 0 spiro atoms. The van der Waals surface area contributed by atoms with Crippen molar-refractivity contribution in [3.05, 3.63) is 46.2 Å². The quantitative estimate of drug-likeness (QED) is 0.787. The first-order chi connectivity index (χ1) is 12.4. The van der Waals surface area contributed by atoms with Crippen molar-refractivity contribution in [2.75, 3.05) is 6.61 Å². The molecule has 2 aromatic rings. The minimum absolute atomic E-state index is 0.132. The molecule has 1 amide bonds. The first-order valence-corrected chi connectivity index (χ1v) is 9.03. The van der Waals surface area contributed by atoms with E-state index in [9.17, 15) is 9.59 Å². The molecule has 1 aliphatic rings. The van der Waals surface area contributed by atoms with Gasteiger partial charge in [0.05, 0.1) is 27.7 Å². The highest BCUT2D eigenvalue weighted by Crippen LogP contribution is 2.32. The SMILES string of the molecule is Cc1nn(-c2ccc(C(=O)OCC(=O)NC(C)C3CC3)cc2)c(C)c1Cl. The second-order valence-corrected chi connectivity index (χ2v) is 7.09. The van der Waals surface area contributed by atoms with Crippen LogP contribution < -0.4 is 5.32 Å². The van der Waals surface area contributed by atoms with E-state index >= 15 is 0 Å². The number of benzene rings is 1. The number of halogens is 1. The number of carbonyl (C=O) groups is 2.